The van der Waals surface area contributed by atoms with Crippen LogP contribution in [-0.4, -0.2) is 26.1 Å². The van der Waals surface area contributed by atoms with Crippen molar-refractivity contribution in [3.63, 3.8) is 0 Å². The minimum Gasteiger partial charge on any atom is -0.493 e. The topological polar surface area (TPSA) is 95.2 Å². The Bertz CT molecular complexity index is 1050. The normalized spacial score (nSPS) is 11.0. The molecule has 0 aliphatic carbocycles. The van der Waals surface area contributed by atoms with Crippen LogP contribution in [0.25, 0.3) is 0 Å². The highest BCUT2D eigenvalue weighted by Crippen LogP contribution is 2.29. The van der Waals surface area contributed by atoms with Crippen molar-refractivity contribution >= 4 is 17.6 Å². The number of anilines is 1. The van der Waals surface area contributed by atoms with Gasteiger partial charge >= 0.3 is 5.97 Å². The van der Waals surface area contributed by atoms with Crippen LogP contribution in [0.3, 0.4) is 0 Å². The van der Waals surface area contributed by atoms with E-state index in [2.05, 4.69) is 10.3 Å². The summed E-state index contributed by atoms with van der Waals surface area (Å²) in [7, 11) is 3.14. The first-order valence-electron chi connectivity index (χ1n) is 9.68. The van der Waals surface area contributed by atoms with Gasteiger partial charge in [0.1, 0.15) is 6.61 Å². The Kier molecular flexibility index (Phi) is 7.48. The van der Waals surface area contributed by atoms with Crippen molar-refractivity contribution < 1.29 is 19.0 Å². The third kappa shape index (κ3) is 6.24. The number of rotatable bonds is 8. The summed E-state index contributed by atoms with van der Waals surface area (Å²) in [4.78, 5) is 16.7. The number of guanidine groups is 1. The number of hydrogen-bond acceptors (Lipinski definition) is 5. The van der Waals surface area contributed by atoms with Crippen molar-refractivity contribution in [2.24, 2.45) is 10.7 Å². The van der Waals surface area contributed by atoms with Crippen LogP contribution in [0.15, 0.2) is 77.8 Å². The van der Waals surface area contributed by atoms with Crippen LogP contribution >= 0.6 is 0 Å². The fourth-order valence-electron chi connectivity index (χ4n) is 2.88. The van der Waals surface area contributed by atoms with Crippen LogP contribution in [0.4, 0.5) is 5.69 Å². The van der Waals surface area contributed by atoms with Gasteiger partial charge in [0.05, 0.1) is 26.3 Å². The first-order valence-corrected chi connectivity index (χ1v) is 9.68. The van der Waals surface area contributed by atoms with E-state index in [1.165, 1.54) is 0 Å². The molecule has 0 bridgehead atoms. The third-order valence-electron chi connectivity index (χ3n) is 4.46. The molecule has 0 atom stereocenters. The fourth-order valence-corrected chi connectivity index (χ4v) is 2.88. The molecule has 0 spiro atoms. The first kappa shape index (κ1) is 21.7. The number of methoxy groups -OCH3 is 2. The van der Waals surface area contributed by atoms with E-state index in [-0.39, 0.29) is 18.5 Å². The maximum atomic E-state index is 12.3. The minimum absolute atomic E-state index is 0.226. The van der Waals surface area contributed by atoms with Gasteiger partial charge in [-0.3, -0.25) is 0 Å². The van der Waals surface area contributed by atoms with Gasteiger partial charge in [0.15, 0.2) is 17.5 Å². The quantitative estimate of drug-likeness (QED) is 0.326. The van der Waals surface area contributed by atoms with Crippen molar-refractivity contribution in [3.05, 3.63) is 89.5 Å². The summed E-state index contributed by atoms with van der Waals surface area (Å²) >= 11 is 0. The van der Waals surface area contributed by atoms with Gasteiger partial charge in [-0.1, -0.05) is 42.5 Å². The van der Waals surface area contributed by atoms with E-state index < -0.39 is 0 Å². The van der Waals surface area contributed by atoms with Crippen molar-refractivity contribution in [1.82, 2.24) is 0 Å². The van der Waals surface area contributed by atoms with E-state index in [1.54, 1.807) is 44.6 Å². The second-order valence-electron chi connectivity index (χ2n) is 6.66. The summed E-state index contributed by atoms with van der Waals surface area (Å²) in [6.07, 6.45) is 0. The average Bonchev–Trinajstić information content (AvgIpc) is 2.82. The van der Waals surface area contributed by atoms with Crippen molar-refractivity contribution in [2.45, 2.75) is 13.2 Å². The number of nitrogens with zero attached hydrogens (tertiary/aromatic N) is 1. The van der Waals surface area contributed by atoms with Crippen LogP contribution in [0.1, 0.15) is 21.5 Å². The highest BCUT2D eigenvalue weighted by atomic mass is 16.5. The van der Waals surface area contributed by atoms with Gasteiger partial charge in [0.2, 0.25) is 0 Å². The Hall–Kier alpha value is -4.00. The molecule has 0 amide bonds. The predicted molar refractivity (Wildman–Crippen MR) is 120 cm³/mol. The summed E-state index contributed by atoms with van der Waals surface area (Å²) in [5.74, 6) is 1.07. The molecule has 0 fully saturated rings. The molecule has 0 aliphatic rings. The average molecular weight is 419 g/mol. The zero-order valence-corrected chi connectivity index (χ0v) is 17.5. The third-order valence-corrected chi connectivity index (χ3v) is 4.46. The molecule has 0 saturated heterocycles. The molecule has 31 heavy (non-hydrogen) atoms. The smallest absolute Gasteiger partial charge is 0.338 e. The SMILES string of the molecule is COc1ccc(NC(N)=NCc2cccc(C(=O)OCc3ccccc3)c2)cc1OC. The second-order valence-corrected chi connectivity index (χ2v) is 6.66. The molecule has 3 rings (SSSR count). The Morgan fingerprint density at radius 1 is 0.903 bits per heavy atom. The molecule has 160 valence electrons. The summed E-state index contributed by atoms with van der Waals surface area (Å²) in [6.45, 7) is 0.538. The van der Waals surface area contributed by atoms with Gasteiger partial charge in [0.25, 0.3) is 0 Å². The molecule has 3 aromatic rings. The van der Waals surface area contributed by atoms with E-state index in [4.69, 9.17) is 19.9 Å². The standard InChI is InChI=1S/C24H25N3O4/c1-29-21-12-11-20(14-22(21)30-2)27-24(25)26-15-18-9-6-10-19(13-18)23(28)31-16-17-7-4-3-5-8-17/h3-14H,15-16H2,1-2H3,(H3,25,26,27). The molecule has 0 heterocycles. The number of nitrogens with one attached hydrogen (secondary N) is 1. The lowest BCUT2D eigenvalue weighted by molar-refractivity contribution is 0.0472. The van der Waals surface area contributed by atoms with E-state index in [0.29, 0.717) is 23.6 Å². The van der Waals surface area contributed by atoms with E-state index in [9.17, 15) is 4.79 Å². The Balaban J connectivity index is 1.59. The lowest BCUT2D eigenvalue weighted by Crippen LogP contribution is -2.22. The van der Waals surface area contributed by atoms with E-state index >= 15 is 0 Å². The van der Waals surface area contributed by atoms with Crippen molar-refractivity contribution in [2.75, 3.05) is 19.5 Å². The summed E-state index contributed by atoms with van der Waals surface area (Å²) in [5, 5.41) is 3.01. The monoisotopic (exact) mass is 419 g/mol. The maximum absolute atomic E-state index is 12.3. The number of carbonyl (C=O) groups is 1. The Morgan fingerprint density at radius 2 is 1.65 bits per heavy atom. The number of hydrogen-bond donors (Lipinski definition) is 2. The molecular formula is C24H25N3O4. The summed E-state index contributed by atoms with van der Waals surface area (Å²) in [6, 6.07) is 22.0. The molecule has 7 heteroatoms. The zero-order chi connectivity index (χ0) is 22.1. The highest BCUT2D eigenvalue weighted by molar-refractivity contribution is 5.92. The maximum Gasteiger partial charge on any atom is 0.338 e. The minimum atomic E-state index is -0.383. The zero-order valence-electron chi connectivity index (χ0n) is 17.5. The largest absolute Gasteiger partial charge is 0.493 e. The number of carbonyl (C=O) groups excluding carboxylic acids is 1. The Morgan fingerprint density at radius 3 is 2.39 bits per heavy atom. The van der Waals surface area contributed by atoms with Gasteiger partial charge in [-0.2, -0.15) is 0 Å². The molecular weight excluding hydrogens is 394 g/mol. The number of aliphatic imine (C=N–C) groups is 1. The predicted octanol–water partition coefficient (Wildman–Crippen LogP) is 3.99. The molecule has 0 saturated carbocycles. The Labute approximate surface area is 181 Å². The van der Waals surface area contributed by atoms with Crippen LogP contribution in [0.2, 0.25) is 0 Å². The highest BCUT2D eigenvalue weighted by Gasteiger charge is 2.09. The number of ether oxygens (including phenoxy) is 3. The van der Waals surface area contributed by atoms with Crippen LogP contribution < -0.4 is 20.5 Å². The molecule has 3 N–H and O–H groups in total. The fraction of sp³-hybridized carbons (Fsp3) is 0.167. The van der Waals surface area contributed by atoms with Gasteiger partial charge in [-0.25, -0.2) is 9.79 Å². The van der Waals surface area contributed by atoms with E-state index in [1.807, 2.05) is 42.5 Å². The molecule has 3 aromatic carbocycles. The van der Waals surface area contributed by atoms with Crippen LogP contribution in [-0.2, 0) is 17.9 Å². The first-order chi connectivity index (χ1) is 15.1. The molecule has 0 radical (unpaired) electrons. The molecule has 0 unspecified atom stereocenters. The van der Waals surface area contributed by atoms with Crippen molar-refractivity contribution in [1.29, 1.82) is 0 Å². The van der Waals surface area contributed by atoms with Gasteiger partial charge in [0, 0.05) is 11.8 Å². The van der Waals surface area contributed by atoms with Gasteiger partial charge in [-0.15, -0.1) is 0 Å². The van der Waals surface area contributed by atoms with Gasteiger partial charge < -0.3 is 25.3 Å². The van der Waals surface area contributed by atoms with E-state index in [0.717, 1.165) is 16.8 Å². The van der Waals surface area contributed by atoms with Crippen molar-refractivity contribution in [3.8, 4) is 11.5 Å². The van der Waals surface area contributed by atoms with Crippen LogP contribution in [0, 0.1) is 0 Å². The lowest BCUT2D eigenvalue weighted by Gasteiger charge is -2.11. The molecule has 0 aromatic heterocycles. The molecule has 7 nitrogen and oxygen atoms in total. The number of nitrogens with two attached hydrogens (primary N) is 1. The number of esters is 1. The lowest BCUT2D eigenvalue weighted by atomic mass is 10.1. The van der Waals surface area contributed by atoms with Gasteiger partial charge in [-0.05, 0) is 35.4 Å². The van der Waals surface area contributed by atoms with Crippen LogP contribution in [0.5, 0.6) is 11.5 Å². The second kappa shape index (κ2) is 10.7. The molecule has 0 aliphatic heterocycles. The summed E-state index contributed by atoms with van der Waals surface area (Å²) < 4.78 is 15.9. The summed E-state index contributed by atoms with van der Waals surface area (Å²) in [5.41, 5.74) is 8.96. The number of benzene rings is 3.